The summed E-state index contributed by atoms with van der Waals surface area (Å²) in [6, 6.07) is 0. The number of hydrogen-bond donors (Lipinski definition) is 1. The Morgan fingerprint density at radius 1 is 1.27 bits per heavy atom. The topological polar surface area (TPSA) is 126 Å². The average molecular weight is 414 g/mol. The Kier molecular flexibility index (Phi) is 3.95. The van der Waals surface area contributed by atoms with Crippen molar-refractivity contribution in [2.75, 3.05) is 18.7 Å². The maximum Gasteiger partial charge on any atom is 0.342 e. The molecule has 3 aliphatic heterocycles. The molecule has 3 atom stereocenters. The Balaban J connectivity index is 1.33. The first-order valence-electron chi connectivity index (χ1n) is 9.52. The van der Waals surface area contributed by atoms with E-state index in [1.807, 2.05) is 22.9 Å². The molecule has 0 radical (unpaired) electrons. The van der Waals surface area contributed by atoms with Gasteiger partial charge in [0.25, 0.3) is 0 Å². The standard InChI is InChI=1S/C19H22N6O5/c1-18(2)17(26)29-19(3,30-18)27-8-10-5-6-12(28-10)25-7-11-13-15(21-9-22-16(13)25)24(4)23-14(11)20/h5-7,9-10,12H,8H2,1-4H3,(H2,20,23)/t10-,12+,19?/m0/s1. The zero-order chi connectivity index (χ0) is 21.3. The summed E-state index contributed by atoms with van der Waals surface area (Å²) in [4.78, 5) is 20.6. The Morgan fingerprint density at radius 3 is 2.80 bits per heavy atom. The van der Waals surface area contributed by atoms with Gasteiger partial charge in [-0.3, -0.25) is 4.74 Å². The van der Waals surface area contributed by atoms with Crippen LogP contribution in [0, 0.1) is 0 Å². The number of carbonyl (C=O) groups excluding carboxylic acids is 1. The molecule has 0 amide bonds. The van der Waals surface area contributed by atoms with Gasteiger partial charge in [-0.15, -0.1) is 0 Å². The van der Waals surface area contributed by atoms with Crippen LogP contribution in [-0.4, -0.2) is 57.7 Å². The predicted octanol–water partition coefficient (Wildman–Crippen LogP) is 0.997. The minimum absolute atomic E-state index is 0.144. The number of nitrogens with zero attached hydrogens (tertiary/aromatic N) is 5. The molecule has 1 unspecified atom stereocenters. The second-order valence-corrected chi connectivity index (χ2v) is 7.98. The van der Waals surface area contributed by atoms with E-state index in [0.717, 1.165) is 10.9 Å². The number of cyclic esters (lactones) is 1. The average Bonchev–Trinajstić information content (AvgIpc) is 3.34. The van der Waals surface area contributed by atoms with E-state index in [1.54, 1.807) is 32.8 Å². The normalized spacial score (nSPS) is 29.5. The van der Waals surface area contributed by atoms with E-state index in [1.165, 1.54) is 6.33 Å². The van der Waals surface area contributed by atoms with Crippen molar-refractivity contribution in [3.8, 4) is 0 Å². The molecule has 30 heavy (non-hydrogen) atoms. The van der Waals surface area contributed by atoms with Crippen LogP contribution in [0.25, 0.3) is 11.0 Å². The number of hydrogen-bond acceptors (Lipinski definition) is 10. The molecule has 0 saturated carbocycles. The number of nitrogens with two attached hydrogens (primary N) is 1. The molecule has 2 aromatic rings. The molecule has 5 rings (SSSR count). The molecule has 1 saturated heterocycles. The fourth-order valence-electron chi connectivity index (χ4n) is 3.82. The van der Waals surface area contributed by atoms with E-state index >= 15 is 0 Å². The number of aromatic nitrogens is 3. The molecule has 0 aliphatic carbocycles. The Hall–Kier alpha value is -3.02. The van der Waals surface area contributed by atoms with Crippen LogP contribution in [-0.2, 0) is 23.7 Å². The molecular weight excluding hydrogens is 392 g/mol. The van der Waals surface area contributed by atoms with Gasteiger partial charge in [0.15, 0.2) is 23.5 Å². The largest absolute Gasteiger partial charge is 0.406 e. The molecule has 3 aliphatic rings. The first kappa shape index (κ1) is 19.0. The third-order valence-corrected chi connectivity index (χ3v) is 5.23. The molecule has 0 bridgehead atoms. The zero-order valence-corrected chi connectivity index (χ0v) is 17.0. The van der Waals surface area contributed by atoms with Crippen molar-refractivity contribution in [1.82, 2.24) is 14.5 Å². The molecule has 11 heteroatoms. The summed E-state index contributed by atoms with van der Waals surface area (Å²) >= 11 is 0. The van der Waals surface area contributed by atoms with Crippen LogP contribution in [0.5, 0.6) is 0 Å². The molecule has 2 N–H and O–H groups in total. The number of ether oxygens (including phenoxy) is 4. The van der Waals surface area contributed by atoms with Gasteiger partial charge >= 0.3 is 11.9 Å². The van der Waals surface area contributed by atoms with Gasteiger partial charge in [-0.2, -0.15) is 5.10 Å². The molecule has 2 aromatic heterocycles. The fourth-order valence-corrected chi connectivity index (χ4v) is 3.82. The minimum atomic E-state index is -1.44. The van der Waals surface area contributed by atoms with Gasteiger partial charge in [-0.05, 0) is 19.9 Å². The Labute approximate surface area is 172 Å². The SMILES string of the molecule is CN1N=C(N)c2cn([C@H]3C=C[C@@H](COC4(C)OC(=O)C(C)(C)O4)O3)c3ncnc1c23. The molecule has 5 heterocycles. The summed E-state index contributed by atoms with van der Waals surface area (Å²) in [5.41, 5.74) is 6.50. The van der Waals surface area contributed by atoms with E-state index < -0.39 is 23.8 Å². The predicted molar refractivity (Wildman–Crippen MR) is 105 cm³/mol. The lowest BCUT2D eigenvalue weighted by molar-refractivity contribution is -0.333. The number of carbonyl (C=O) groups is 1. The van der Waals surface area contributed by atoms with Gasteiger partial charge in [0.1, 0.15) is 18.1 Å². The number of esters is 1. The third kappa shape index (κ3) is 2.85. The van der Waals surface area contributed by atoms with E-state index in [4.69, 9.17) is 24.7 Å². The summed E-state index contributed by atoms with van der Waals surface area (Å²) in [7, 11) is 1.79. The molecule has 11 nitrogen and oxygen atoms in total. The lowest BCUT2D eigenvalue weighted by Crippen LogP contribution is -2.35. The smallest absolute Gasteiger partial charge is 0.342 e. The fraction of sp³-hybridized carbons (Fsp3) is 0.474. The summed E-state index contributed by atoms with van der Waals surface area (Å²) in [6.07, 6.45) is 6.36. The third-order valence-electron chi connectivity index (χ3n) is 5.23. The molecule has 158 valence electrons. The van der Waals surface area contributed by atoms with Crippen LogP contribution in [0.4, 0.5) is 5.82 Å². The molecule has 0 aromatic carbocycles. The van der Waals surface area contributed by atoms with Crippen LogP contribution in [0.15, 0.2) is 29.8 Å². The van der Waals surface area contributed by atoms with E-state index in [0.29, 0.717) is 17.3 Å². The second kappa shape index (κ2) is 6.24. The number of anilines is 1. The second-order valence-electron chi connectivity index (χ2n) is 7.98. The van der Waals surface area contributed by atoms with Gasteiger partial charge in [0.05, 0.1) is 12.0 Å². The summed E-state index contributed by atoms with van der Waals surface area (Å²) in [5.74, 6) is -0.844. The first-order chi connectivity index (χ1) is 14.2. The van der Waals surface area contributed by atoms with E-state index in [9.17, 15) is 4.79 Å². The van der Waals surface area contributed by atoms with E-state index in [-0.39, 0.29) is 12.7 Å². The number of rotatable bonds is 4. The maximum atomic E-state index is 11.9. The van der Waals surface area contributed by atoms with Crippen molar-refractivity contribution >= 4 is 28.7 Å². The molecule has 1 fully saturated rings. The van der Waals surface area contributed by atoms with Crippen LogP contribution < -0.4 is 10.7 Å². The van der Waals surface area contributed by atoms with Crippen molar-refractivity contribution in [2.24, 2.45) is 10.8 Å². The zero-order valence-electron chi connectivity index (χ0n) is 17.0. The quantitative estimate of drug-likeness (QED) is 0.576. The highest BCUT2D eigenvalue weighted by molar-refractivity contribution is 6.13. The molecular formula is C19H22N6O5. The maximum absolute atomic E-state index is 11.9. The first-order valence-corrected chi connectivity index (χ1v) is 9.52. The van der Waals surface area contributed by atoms with Crippen molar-refractivity contribution < 1.29 is 23.7 Å². The van der Waals surface area contributed by atoms with Crippen LogP contribution in [0.3, 0.4) is 0 Å². The Morgan fingerprint density at radius 2 is 2.07 bits per heavy atom. The molecule has 0 spiro atoms. The van der Waals surface area contributed by atoms with Gasteiger partial charge < -0.3 is 24.5 Å². The van der Waals surface area contributed by atoms with Crippen molar-refractivity contribution in [2.45, 2.75) is 44.7 Å². The van der Waals surface area contributed by atoms with Crippen molar-refractivity contribution in [3.63, 3.8) is 0 Å². The minimum Gasteiger partial charge on any atom is -0.406 e. The highest BCUT2D eigenvalue weighted by Crippen LogP contribution is 2.36. The summed E-state index contributed by atoms with van der Waals surface area (Å²) in [5, 5.41) is 6.75. The lowest BCUT2D eigenvalue weighted by atomic mass is 10.1. The highest BCUT2D eigenvalue weighted by Gasteiger charge is 2.51. The number of hydrazone groups is 1. The van der Waals surface area contributed by atoms with Gasteiger partial charge in [-0.25, -0.2) is 19.8 Å². The van der Waals surface area contributed by atoms with Crippen LogP contribution in [0.2, 0.25) is 0 Å². The Bertz CT molecular complexity index is 1110. The van der Waals surface area contributed by atoms with Crippen molar-refractivity contribution in [3.05, 3.63) is 30.2 Å². The van der Waals surface area contributed by atoms with Crippen LogP contribution in [0.1, 0.15) is 32.6 Å². The van der Waals surface area contributed by atoms with Gasteiger partial charge in [-0.1, -0.05) is 6.08 Å². The summed E-state index contributed by atoms with van der Waals surface area (Å²) < 4.78 is 24.5. The number of amidine groups is 1. The van der Waals surface area contributed by atoms with Crippen molar-refractivity contribution in [1.29, 1.82) is 0 Å². The highest BCUT2D eigenvalue weighted by atomic mass is 16.9. The van der Waals surface area contributed by atoms with E-state index in [2.05, 4.69) is 15.1 Å². The van der Waals surface area contributed by atoms with Gasteiger partial charge in [0, 0.05) is 25.7 Å². The van der Waals surface area contributed by atoms with Crippen LogP contribution >= 0.6 is 0 Å². The monoisotopic (exact) mass is 414 g/mol. The van der Waals surface area contributed by atoms with Gasteiger partial charge in [0.2, 0.25) is 0 Å². The summed E-state index contributed by atoms with van der Waals surface area (Å²) in [6.45, 7) is 4.98. The lowest BCUT2D eigenvalue weighted by Gasteiger charge is -2.25.